The van der Waals surface area contributed by atoms with Gasteiger partial charge >= 0.3 is 6.03 Å². The molecule has 0 bridgehead atoms. The molecule has 19 heavy (non-hydrogen) atoms. The van der Waals surface area contributed by atoms with Crippen LogP contribution in [0, 0.1) is 0 Å². The van der Waals surface area contributed by atoms with Crippen LogP contribution in [-0.2, 0) is 6.42 Å². The first kappa shape index (κ1) is 13.2. The van der Waals surface area contributed by atoms with E-state index in [1.54, 1.807) is 14.2 Å². The number of hydrogen-bond acceptors (Lipinski definition) is 2. The number of hydrogen-bond donors (Lipinski definition) is 1. The Hall–Kier alpha value is -2.23. The molecule has 0 unspecified atom stereocenters. The summed E-state index contributed by atoms with van der Waals surface area (Å²) in [6.45, 7) is 0.622. The van der Waals surface area contributed by atoms with Gasteiger partial charge in [0.05, 0.1) is 7.11 Å². The van der Waals surface area contributed by atoms with Gasteiger partial charge in [-0.2, -0.15) is 0 Å². The summed E-state index contributed by atoms with van der Waals surface area (Å²) in [5.41, 5.74) is 6.38. The van der Waals surface area contributed by atoms with Crippen molar-refractivity contribution in [3.63, 3.8) is 0 Å². The van der Waals surface area contributed by atoms with Gasteiger partial charge in [0.1, 0.15) is 5.75 Å². The predicted molar refractivity (Wildman–Crippen MR) is 76.4 cm³/mol. The molecule has 0 heterocycles. The number of benzene rings is 2. The third-order valence-corrected chi connectivity index (χ3v) is 3.22. The highest BCUT2D eigenvalue weighted by Gasteiger charge is 2.04. The zero-order valence-corrected chi connectivity index (χ0v) is 11.2. The van der Waals surface area contributed by atoms with Crippen molar-refractivity contribution in [2.24, 2.45) is 5.73 Å². The van der Waals surface area contributed by atoms with E-state index in [-0.39, 0.29) is 0 Å². The van der Waals surface area contributed by atoms with E-state index >= 15 is 0 Å². The second-order valence-electron chi connectivity index (χ2n) is 4.56. The lowest BCUT2D eigenvalue weighted by molar-refractivity contribution is 0.219. The van der Waals surface area contributed by atoms with Crippen molar-refractivity contribution in [1.29, 1.82) is 0 Å². The van der Waals surface area contributed by atoms with Crippen LogP contribution < -0.4 is 10.5 Å². The van der Waals surface area contributed by atoms with Crippen molar-refractivity contribution in [2.45, 2.75) is 6.42 Å². The summed E-state index contributed by atoms with van der Waals surface area (Å²) in [4.78, 5) is 12.4. The van der Waals surface area contributed by atoms with E-state index in [9.17, 15) is 4.79 Å². The number of amides is 2. The highest BCUT2D eigenvalue weighted by Crippen LogP contribution is 2.22. The second-order valence-corrected chi connectivity index (χ2v) is 4.56. The van der Waals surface area contributed by atoms with Gasteiger partial charge < -0.3 is 15.4 Å². The smallest absolute Gasteiger partial charge is 0.314 e. The molecule has 0 atom stereocenters. The van der Waals surface area contributed by atoms with E-state index in [4.69, 9.17) is 10.5 Å². The Bertz CT molecular complexity index is 596. The van der Waals surface area contributed by atoms with Crippen LogP contribution in [0.2, 0.25) is 0 Å². The van der Waals surface area contributed by atoms with Gasteiger partial charge in [0.25, 0.3) is 0 Å². The number of ether oxygens (including phenoxy) is 1. The van der Waals surface area contributed by atoms with Gasteiger partial charge in [-0.3, -0.25) is 0 Å². The maximum Gasteiger partial charge on any atom is 0.314 e. The summed E-state index contributed by atoms with van der Waals surface area (Å²) >= 11 is 0. The normalized spacial score (nSPS) is 10.4. The van der Waals surface area contributed by atoms with Gasteiger partial charge in [-0.25, -0.2) is 4.79 Å². The standard InChI is InChI=1S/C15H18N2O2/c1-17(15(16)18)8-7-11-3-4-13-10-14(19-2)6-5-12(13)9-11/h3-6,9-10H,7-8H2,1-2H3,(H2,16,18). The van der Waals surface area contributed by atoms with Gasteiger partial charge in [0.2, 0.25) is 0 Å². The van der Waals surface area contributed by atoms with Crippen molar-refractivity contribution < 1.29 is 9.53 Å². The van der Waals surface area contributed by atoms with Gasteiger partial charge in [0, 0.05) is 13.6 Å². The summed E-state index contributed by atoms with van der Waals surface area (Å²) in [5, 5.41) is 2.31. The fraction of sp³-hybridized carbons (Fsp3) is 0.267. The van der Waals surface area contributed by atoms with E-state index in [1.807, 2.05) is 18.2 Å². The first-order chi connectivity index (χ1) is 9.10. The zero-order chi connectivity index (χ0) is 13.8. The summed E-state index contributed by atoms with van der Waals surface area (Å²) < 4.78 is 5.20. The van der Waals surface area contributed by atoms with Crippen LogP contribution >= 0.6 is 0 Å². The van der Waals surface area contributed by atoms with Crippen LogP contribution in [0.4, 0.5) is 4.79 Å². The molecule has 4 nitrogen and oxygen atoms in total. The minimum Gasteiger partial charge on any atom is -0.497 e. The van der Waals surface area contributed by atoms with Crippen molar-refractivity contribution in [3.8, 4) is 5.75 Å². The SMILES string of the molecule is COc1ccc2cc(CCN(C)C(N)=O)ccc2c1. The monoisotopic (exact) mass is 258 g/mol. The number of carbonyl (C=O) groups is 1. The lowest BCUT2D eigenvalue weighted by Gasteiger charge is -2.14. The fourth-order valence-electron chi connectivity index (χ4n) is 1.96. The van der Waals surface area contributed by atoms with Crippen molar-refractivity contribution >= 4 is 16.8 Å². The van der Waals surface area contributed by atoms with Crippen molar-refractivity contribution in [2.75, 3.05) is 20.7 Å². The van der Waals surface area contributed by atoms with Crippen LogP contribution in [0.25, 0.3) is 10.8 Å². The molecule has 0 aliphatic carbocycles. The van der Waals surface area contributed by atoms with Crippen molar-refractivity contribution in [1.82, 2.24) is 4.90 Å². The molecular weight excluding hydrogens is 240 g/mol. The largest absolute Gasteiger partial charge is 0.497 e. The number of carbonyl (C=O) groups excluding carboxylic acids is 1. The molecule has 4 heteroatoms. The molecule has 2 rings (SSSR count). The molecule has 0 aliphatic heterocycles. The number of urea groups is 1. The van der Waals surface area contributed by atoms with Gasteiger partial charge in [-0.1, -0.05) is 24.3 Å². The van der Waals surface area contributed by atoms with Gasteiger partial charge in [0.15, 0.2) is 0 Å². The maximum absolute atomic E-state index is 10.9. The number of likely N-dealkylation sites (N-methyl/N-ethyl adjacent to an activating group) is 1. The minimum absolute atomic E-state index is 0.398. The summed E-state index contributed by atoms with van der Waals surface area (Å²) in [5.74, 6) is 0.855. The highest BCUT2D eigenvalue weighted by molar-refractivity contribution is 5.84. The van der Waals surface area contributed by atoms with E-state index in [1.165, 1.54) is 15.8 Å². The minimum atomic E-state index is -0.398. The lowest BCUT2D eigenvalue weighted by atomic mass is 10.0. The van der Waals surface area contributed by atoms with E-state index < -0.39 is 6.03 Å². The second kappa shape index (κ2) is 5.61. The van der Waals surface area contributed by atoms with Crippen LogP contribution in [0.15, 0.2) is 36.4 Å². The topological polar surface area (TPSA) is 55.6 Å². The number of primary amides is 1. The fourth-order valence-corrected chi connectivity index (χ4v) is 1.96. The molecule has 2 aromatic carbocycles. The van der Waals surface area contributed by atoms with Crippen LogP contribution in [0.3, 0.4) is 0 Å². The summed E-state index contributed by atoms with van der Waals surface area (Å²) in [7, 11) is 3.36. The molecule has 0 fully saturated rings. The number of fused-ring (bicyclic) bond motifs is 1. The first-order valence-electron chi connectivity index (χ1n) is 6.17. The molecule has 2 N–H and O–H groups in total. The molecule has 0 saturated carbocycles. The Balaban J connectivity index is 2.15. The number of rotatable bonds is 4. The Labute approximate surface area is 112 Å². The Morgan fingerprint density at radius 1 is 1.21 bits per heavy atom. The number of nitrogens with two attached hydrogens (primary N) is 1. The van der Waals surface area contributed by atoms with Gasteiger partial charge in [-0.05, 0) is 34.9 Å². The summed E-state index contributed by atoms with van der Waals surface area (Å²) in [6.07, 6.45) is 0.793. The molecule has 0 radical (unpaired) electrons. The highest BCUT2D eigenvalue weighted by atomic mass is 16.5. The molecule has 2 amide bonds. The van der Waals surface area contributed by atoms with Crippen LogP contribution in [-0.4, -0.2) is 31.6 Å². The van der Waals surface area contributed by atoms with Crippen LogP contribution in [0.5, 0.6) is 5.75 Å². The lowest BCUT2D eigenvalue weighted by Crippen LogP contribution is -2.33. The summed E-state index contributed by atoms with van der Waals surface area (Å²) in [6, 6.07) is 11.9. The average molecular weight is 258 g/mol. The third-order valence-electron chi connectivity index (χ3n) is 3.22. The number of methoxy groups -OCH3 is 1. The van der Waals surface area contributed by atoms with Crippen LogP contribution in [0.1, 0.15) is 5.56 Å². The molecule has 100 valence electrons. The Morgan fingerprint density at radius 2 is 1.89 bits per heavy atom. The maximum atomic E-state index is 10.9. The third kappa shape index (κ3) is 3.16. The number of nitrogens with zero attached hydrogens (tertiary/aromatic N) is 1. The Kier molecular flexibility index (Phi) is 3.90. The Morgan fingerprint density at radius 3 is 2.58 bits per heavy atom. The van der Waals surface area contributed by atoms with E-state index in [0.29, 0.717) is 6.54 Å². The molecule has 0 saturated heterocycles. The van der Waals surface area contributed by atoms with Gasteiger partial charge in [-0.15, -0.1) is 0 Å². The molecule has 0 aliphatic rings. The van der Waals surface area contributed by atoms with E-state index in [2.05, 4.69) is 18.2 Å². The van der Waals surface area contributed by atoms with E-state index in [0.717, 1.165) is 17.6 Å². The predicted octanol–water partition coefficient (Wildman–Crippen LogP) is 2.40. The van der Waals surface area contributed by atoms with Crippen molar-refractivity contribution in [3.05, 3.63) is 42.0 Å². The molecular formula is C15H18N2O2. The average Bonchev–Trinajstić information content (AvgIpc) is 2.43. The molecule has 2 aromatic rings. The molecule has 0 spiro atoms. The first-order valence-corrected chi connectivity index (χ1v) is 6.17. The zero-order valence-electron chi connectivity index (χ0n) is 11.2. The molecule has 0 aromatic heterocycles. The quantitative estimate of drug-likeness (QED) is 0.915.